The van der Waals surface area contributed by atoms with Crippen LogP contribution in [0.15, 0.2) is 78.9 Å². The zero-order valence-corrected chi connectivity index (χ0v) is 18.6. The molecule has 3 aromatic carbocycles. The highest BCUT2D eigenvalue weighted by Crippen LogP contribution is 2.19. The first-order valence-corrected chi connectivity index (χ1v) is 10.4. The molecule has 3 N–H and O–H groups in total. The number of rotatable bonds is 8. The molecule has 0 spiro atoms. The molecule has 36 heavy (non-hydrogen) atoms. The number of benzene rings is 3. The van der Waals surface area contributed by atoms with Gasteiger partial charge in [-0.3, -0.25) is 15.0 Å². The summed E-state index contributed by atoms with van der Waals surface area (Å²) in [6, 6.07) is 19.6. The summed E-state index contributed by atoms with van der Waals surface area (Å²) < 4.78 is 43.7. The lowest BCUT2D eigenvalue weighted by molar-refractivity contribution is -0.229. The Hall–Kier alpha value is -4.67. The lowest BCUT2D eigenvalue weighted by atomic mass is 10.0. The van der Waals surface area contributed by atoms with Gasteiger partial charge in [-0.1, -0.05) is 54.6 Å². The van der Waals surface area contributed by atoms with E-state index in [0.29, 0.717) is 11.1 Å². The number of halogens is 3. The van der Waals surface area contributed by atoms with Gasteiger partial charge in [-0.25, -0.2) is 4.79 Å². The fourth-order valence-corrected chi connectivity index (χ4v) is 3.00. The SMILES string of the molecule is N=C(N)c1cccc(OCCN(OC(=O)C(F)(F)F)C(=O)c2ccc(C(=O)c3ccccc3)cc2)c1. The maximum atomic E-state index is 12.8. The summed E-state index contributed by atoms with van der Waals surface area (Å²) in [4.78, 5) is 41.1. The van der Waals surface area contributed by atoms with Crippen LogP contribution in [-0.2, 0) is 9.63 Å². The normalized spacial score (nSPS) is 10.9. The minimum absolute atomic E-state index is 0.117. The van der Waals surface area contributed by atoms with E-state index in [1.54, 1.807) is 42.5 Å². The monoisotopic (exact) mass is 499 g/mol. The smallest absolute Gasteiger partial charge is 0.492 e. The number of amides is 1. The van der Waals surface area contributed by atoms with Crippen LogP contribution in [0.2, 0.25) is 0 Å². The van der Waals surface area contributed by atoms with Gasteiger partial charge in [-0.15, -0.1) is 0 Å². The van der Waals surface area contributed by atoms with Gasteiger partial charge in [0.25, 0.3) is 5.91 Å². The number of nitrogens with two attached hydrogens (primary N) is 1. The van der Waals surface area contributed by atoms with Crippen molar-refractivity contribution in [3.8, 4) is 5.75 Å². The van der Waals surface area contributed by atoms with E-state index >= 15 is 0 Å². The molecular weight excluding hydrogens is 479 g/mol. The highest BCUT2D eigenvalue weighted by Gasteiger charge is 2.43. The number of alkyl halides is 3. The fraction of sp³-hybridized carbons (Fsp3) is 0.120. The molecule has 0 heterocycles. The summed E-state index contributed by atoms with van der Waals surface area (Å²) in [5.41, 5.74) is 6.32. The number of hydrogen-bond donors (Lipinski definition) is 2. The summed E-state index contributed by atoms with van der Waals surface area (Å²) in [6.45, 7) is -0.890. The highest BCUT2D eigenvalue weighted by atomic mass is 19.4. The Morgan fingerprint density at radius 1 is 0.833 bits per heavy atom. The molecule has 0 radical (unpaired) electrons. The van der Waals surface area contributed by atoms with E-state index in [9.17, 15) is 27.6 Å². The molecule has 186 valence electrons. The van der Waals surface area contributed by atoms with Crippen molar-refractivity contribution in [1.29, 1.82) is 5.41 Å². The molecule has 0 aliphatic carbocycles. The lowest BCUT2D eigenvalue weighted by Crippen LogP contribution is -2.40. The number of hydrogen-bond acceptors (Lipinski definition) is 6. The molecule has 0 unspecified atom stereocenters. The predicted octanol–water partition coefficient (Wildman–Crippen LogP) is 3.74. The second-order valence-corrected chi connectivity index (χ2v) is 7.35. The number of nitrogen functional groups attached to an aromatic ring is 1. The number of ether oxygens (including phenoxy) is 1. The van der Waals surface area contributed by atoms with Crippen LogP contribution in [0.5, 0.6) is 5.75 Å². The van der Waals surface area contributed by atoms with Crippen LogP contribution < -0.4 is 10.5 Å². The predicted molar refractivity (Wildman–Crippen MR) is 122 cm³/mol. The average molecular weight is 499 g/mol. The molecule has 0 saturated heterocycles. The van der Waals surface area contributed by atoms with Crippen LogP contribution in [0.4, 0.5) is 13.2 Å². The number of amidine groups is 1. The number of nitrogens with one attached hydrogen (secondary N) is 1. The Balaban J connectivity index is 1.74. The molecule has 0 bridgehead atoms. The van der Waals surface area contributed by atoms with Gasteiger partial charge >= 0.3 is 12.1 Å². The molecular formula is C25H20F3N3O5. The Morgan fingerprint density at radius 2 is 1.42 bits per heavy atom. The van der Waals surface area contributed by atoms with Crippen molar-refractivity contribution in [1.82, 2.24) is 5.06 Å². The molecule has 0 atom stereocenters. The van der Waals surface area contributed by atoms with Crippen LogP contribution in [0.25, 0.3) is 0 Å². The first-order valence-electron chi connectivity index (χ1n) is 10.4. The first-order chi connectivity index (χ1) is 17.1. The lowest BCUT2D eigenvalue weighted by Gasteiger charge is -2.22. The van der Waals surface area contributed by atoms with Crippen molar-refractivity contribution in [3.05, 3.63) is 101 Å². The number of carbonyl (C=O) groups excluding carboxylic acids is 3. The van der Waals surface area contributed by atoms with E-state index in [2.05, 4.69) is 4.84 Å². The zero-order chi connectivity index (χ0) is 26.3. The van der Waals surface area contributed by atoms with Crippen LogP contribution in [0, 0.1) is 5.41 Å². The minimum atomic E-state index is -5.33. The van der Waals surface area contributed by atoms with E-state index in [0.717, 1.165) is 0 Å². The third-order valence-corrected chi connectivity index (χ3v) is 4.79. The molecule has 11 heteroatoms. The highest BCUT2D eigenvalue weighted by molar-refractivity contribution is 6.09. The minimum Gasteiger partial charge on any atom is -0.492 e. The largest absolute Gasteiger partial charge is 0.493 e. The van der Waals surface area contributed by atoms with E-state index in [-0.39, 0.29) is 40.2 Å². The quantitative estimate of drug-likeness (QED) is 0.211. The van der Waals surface area contributed by atoms with Gasteiger partial charge < -0.3 is 15.3 Å². The summed E-state index contributed by atoms with van der Waals surface area (Å²) in [6.07, 6.45) is -5.33. The number of nitrogens with zero attached hydrogens (tertiary/aromatic N) is 1. The number of hydroxylamine groups is 2. The van der Waals surface area contributed by atoms with Crippen molar-refractivity contribution in [3.63, 3.8) is 0 Å². The maximum Gasteiger partial charge on any atom is 0.493 e. The van der Waals surface area contributed by atoms with Crippen molar-refractivity contribution in [2.45, 2.75) is 6.18 Å². The zero-order valence-electron chi connectivity index (χ0n) is 18.6. The van der Waals surface area contributed by atoms with Gasteiger partial charge in [0.15, 0.2) is 5.78 Å². The Kier molecular flexibility index (Phi) is 8.05. The van der Waals surface area contributed by atoms with Crippen molar-refractivity contribution in [2.24, 2.45) is 5.73 Å². The molecule has 0 aromatic heterocycles. The Labute approximate surface area is 203 Å². The third-order valence-electron chi connectivity index (χ3n) is 4.79. The molecule has 0 aliphatic heterocycles. The van der Waals surface area contributed by atoms with Crippen LogP contribution >= 0.6 is 0 Å². The summed E-state index contributed by atoms with van der Waals surface area (Å²) in [7, 11) is 0. The topological polar surface area (TPSA) is 123 Å². The van der Waals surface area contributed by atoms with Gasteiger partial charge in [-0.2, -0.15) is 18.2 Å². The van der Waals surface area contributed by atoms with Gasteiger partial charge in [0.1, 0.15) is 18.2 Å². The van der Waals surface area contributed by atoms with Crippen LogP contribution in [0.1, 0.15) is 31.8 Å². The number of carbonyl (C=O) groups is 3. The second kappa shape index (κ2) is 11.2. The maximum absolute atomic E-state index is 12.8. The average Bonchev–Trinajstić information content (AvgIpc) is 2.87. The second-order valence-electron chi connectivity index (χ2n) is 7.35. The van der Waals surface area contributed by atoms with Gasteiger partial charge in [0.2, 0.25) is 0 Å². The summed E-state index contributed by atoms with van der Waals surface area (Å²) in [5, 5.41) is 7.67. The van der Waals surface area contributed by atoms with Gasteiger partial charge in [0, 0.05) is 22.3 Å². The molecule has 1 amide bonds. The fourth-order valence-electron chi connectivity index (χ4n) is 3.00. The van der Waals surface area contributed by atoms with E-state index in [1.807, 2.05) is 0 Å². The van der Waals surface area contributed by atoms with Crippen molar-refractivity contribution < 1.29 is 37.1 Å². The van der Waals surface area contributed by atoms with Crippen LogP contribution in [-0.4, -0.2) is 47.9 Å². The molecule has 0 saturated carbocycles. The van der Waals surface area contributed by atoms with E-state index < -0.39 is 24.6 Å². The molecule has 0 aliphatic rings. The third kappa shape index (κ3) is 6.69. The molecule has 0 fully saturated rings. The summed E-state index contributed by atoms with van der Waals surface area (Å²) in [5.74, 6) is -3.92. The van der Waals surface area contributed by atoms with Gasteiger partial charge in [0.05, 0.1) is 6.54 Å². The van der Waals surface area contributed by atoms with Crippen molar-refractivity contribution in [2.75, 3.05) is 13.2 Å². The first kappa shape index (κ1) is 25.9. The number of ketones is 1. The van der Waals surface area contributed by atoms with E-state index in [4.69, 9.17) is 15.9 Å². The molecule has 3 aromatic rings. The molecule has 8 nitrogen and oxygen atoms in total. The van der Waals surface area contributed by atoms with Gasteiger partial charge in [-0.05, 0) is 24.3 Å². The van der Waals surface area contributed by atoms with Crippen molar-refractivity contribution >= 4 is 23.5 Å². The van der Waals surface area contributed by atoms with Crippen LogP contribution in [0.3, 0.4) is 0 Å². The standard InChI is InChI=1S/C25H20F3N3O5/c26-25(27,28)24(34)36-31(13-14-35-20-8-4-7-19(15-20)22(29)30)23(33)18-11-9-17(10-12-18)21(32)16-5-2-1-3-6-16/h1-12,15H,13-14H2,(H3,29,30). The Morgan fingerprint density at radius 3 is 2.03 bits per heavy atom. The summed E-state index contributed by atoms with van der Waals surface area (Å²) >= 11 is 0. The molecule has 3 rings (SSSR count). The van der Waals surface area contributed by atoms with E-state index in [1.165, 1.54) is 36.4 Å². The Bertz CT molecular complexity index is 1260.